The number of hydrogen-bond acceptors (Lipinski definition) is 3. The zero-order chi connectivity index (χ0) is 15.6. The molecule has 0 saturated carbocycles. The molecule has 0 unspecified atom stereocenters. The molecule has 0 heterocycles. The van der Waals surface area contributed by atoms with Gasteiger partial charge in [-0.2, -0.15) is 13.2 Å². The molecule has 3 nitrogen and oxygen atoms in total. The van der Waals surface area contributed by atoms with E-state index < -0.39 is 24.4 Å². The van der Waals surface area contributed by atoms with Gasteiger partial charge in [0.15, 0.2) is 6.61 Å². The Bertz CT molecular complexity index is 493. The van der Waals surface area contributed by atoms with Crippen LogP contribution >= 0.6 is 15.9 Å². The van der Waals surface area contributed by atoms with Gasteiger partial charge in [0.2, 0.25) is 0 Å². The first-order valence-electron chi connectivity index (χ1n) is 5.70. The Morgan fingerprint density at radius 1 is 1.25 bits per heavy atom. The van der Waals surface area contributed by atoms with Crippen LogP contribution in [0.1, 0.15) is 31.1 Å². The molecule has 0 bridgehead atoms. The number of benzene rings is 1. The van der Waals surface area contributed by atoms with Crippen molar-refractivity contribution in [1.29, 1.82) is 0 Å². The van der Waals surface area contributed by atoms with E-state index >= 15 is 0 Å². The van der Waals surface area contributed by atoms with Crippen LogP contribution in [-0.4, -0.2) is 24.4 Å². The second-order valence-corrected chi connectivity index (χ2v) is 5.91. The minimum Gasteiger partial charge on any atom is -0.483 e. The van der Waals surface area contributed by atoms with Gasteiger partial charge in [-0.15, -0.1) is 0 Å². The summed E-state index contributed by atoms with van der Waals surface area (Å²) >= 11 is 3.06. The normalized spacial score (nSPS) is 12.2. The van der Waals surface area contributed by atoms with Gasteiger partial charge in [0.1, 0.15) is 11.4 Å². The SMILES string of the molecule is CC(C)(C)OC(=O)c1ccc(OCC(F)(F)F)c(Br)c1. The van der Waals surface area contributed by atoms with Gasteiger partial charge in [0.05, 0.1) is 10.0 Å². The van der Waals surface area contributed by atoms with Crippen LogP contribution in [0.3, 0.4) is 0 Å². The largest absolute Gasteiger partial charge is 0.483 e. The van der Waals surface area contributed by atoms with Crippen LogP contribution in [-0.2, 0) is 4.74 Å². The van der Waals surface area contributed by atoms with Crippen molar-refractivity contribution in [3.63, 3.8) is 0 Å². The summed E-state index contributed by atoms with van der Waals surface area (Å²) < 4.78 is 46.2. The maximum atomic E-state index is 12.1. The van der Waals surface area contributed by atoms with Crippen molar-refractivity contribution in [3.8, 4) is 5.75 Å². The molecule has 0 saturated heterocycles. The standard InChI is InChI=1S/C13H14BrF3O3/c1-12(2,3)20-11(18)8-4-5-10(9(14)6-8)19-7-13(15,16)17/h4-6H,7H2,1-3H3. The van der Waals surface area contributed by atoms with E-state index in [1.807, 2.05) is 0 Å². The van der Waals surface area contributed by atoms with E-state index in [0.717, 1.165) is 0 Å². The van der Waals surface area contributed by atoms with E-state index in [1.165, 1.54) is 18.2 Å². The molecule has 0 amide bonds. The fourth-order valence-corrected chi connectivity index (χ4v) is 1.73. The average molecular weight is 355 g/mol. The Morgan fingerprint density at radius 3 is 2.30 bits per heavy atom. The van der Waals surface area contributed by atoms with Gasteiger partial charge < -0.3 is 9.47 Å². The van der Waals surface area contributed by atoms with Crippen LogP contribution in [0.4, 0.5) is 13.2 Å². The number of carbonyl (C=O) groups is 1. The predicted octanol–water partition coefficient (Wildman–Crippen LogP) is 4.35. The first-order valence-corrected chi connectivity index (χ1v) is 6.50. The number of hydrogen-bond donors (Lipinski definition) is 0. The lowest BCUT2D eigenvalue weighted by Crippen LogP contribution is -2.24. The first-order chi connectivity index (χ1) is 8.98. The van der Waals surface area contributed by atoms with E-state index in [1.54, 1.807) is 20.8 Å². The highest BCUT2D eigenvalue weighted by molar-refractivity contribution is 9.10. The number of alkyl halides is 3. The Kier molecular flexibility index (Phi) is 5.07. The molecule has 7 heteroatoms. The highest BCUT2D eigenvalue weighted by Gasteiger charge is 2.29. The highest BCUT2D eigenvalue weighted by atomic mass is 79.9. The summed E-state index contributed by atoms with van der Waals surface area (Å²) in [5.41, 5.74) is -0.416. The molecule has 0 aromatic heterocycles. The fourth-order valence-electron chi connectivity index (χ4n) is 1.24. The molecule has 0 N–H and O–H groups in total. The number of halogens is 4. The number of rotatable bonds is 3. The number of esters is 1. The Morgan fingerprint density at radius 2 is 1.85 bits per heavy atom. The number of ether oxygens (including phenoxy) is 2. The average Bonchev–Trinajstić information content (AvgIpc) is 2.23. The number of carbonyl (C=O) groups excluding carboxylic acids is 1. The summed E-state index contributed by atoms with van der Waals surface area (Å²) in [6, 6.07) is 4.00. The molecule has 1 aromatic carbocycles. The van der Waals surface area contributed by atoms with Crippen molar-refractivity contribution in [1.82, 2.24) is 0 Å². The van der Waals surface area contributed by atoms with Crippen molar-refractivity contribution in [2.75, 3.05) is 6.61 Å². The third-order valence-electron chi connectivity index (χ3n) is 1.96. The zero-order valence-electron chi connectivity index (χ0n) is 11.2. The Balaban J connectivity index is 2.80. The topological polar surface area (TPSA) is 35.5 Å². The van der Waals surface area contributed by atoms with Crippen LogP contribution in [0.5, 0.6) is 5.75 Å². The van der Waals surface area contributed by atoms with Crippen LogP contribution in [0.15, 0.2) is 22.7 Å². The summed E-state index contributed by atoms with van der Waals surface area (Å²) in [5, 5.41) is 0. The van der Waals surface area contributed by atoms with Gasteiger partial charge in [-0.05, 0) is 54.9 Å². The van der Waals surface area contributed by atoms with Gasteiger partial charge in [-0.25, -0.2) is 4.79 Å². The van der Waals surface area contributed by atoms with Crippen molar-refractivity contribution in [2.24, 2.45) is 0 Å². The third kappa shape index (κ3) is 5.81. The molecule has 0 radical (unpaired) electrons. The first kappa shape index (κ1) is 16.8. The van der Waals surface area contributed by atoms with E-state index in [9.17, 15) is 18.0 Å². The molecule has 112 valence electrons. The second-order valence-electron chi connectivity index (χ2n) is 5.05. The zero-order valence-corrected chi connectivity index (χ0v) is 12.8. The van der Waals surface area contributed by atoms with Gasteiger partial charge >= 0.3 is 12.1 Å². The Hall–Kier alpha value is -1.24. The minimum atomic E-state index is -4.41. The summed E-state index contributed by atoms with van der Waals surface area (Å²) in [4.78, 5) is 11.8. The molecule has 0 spiro atoms. The molecule has 1 aromatic rings. The van der Waals surface area contributed by atoms with Crippen LogP contribution in [0, 0.1) is 0 Å². The van der Waals surface area contributed by atoms with Gasteiger partial charge in [-0.3, -0.25) is 0 Å². The predicted molar refractivity (Wildman–Crippen MR) is 70.9 cm³/mol. The summed E-state index contributed by atoms with van der Waals surface area (Å²) in [7, 11) is 0. The second kappa shape index (κ2) is 6.03. The van der Waals surface area contributed by atoms with E-state index in [2.05, 4.69) is 20.7 Å². The highest BCUT2D eigenvalue weighted by Crippen LogP contribution is 2.28. The van der Waals surface area contributed by atoms with E-state index in [0.29, 0.717) is 0 Å². The fraction of sp³-hybridized carbons (Fsp3) is 0.462. The minimum absolute atomic E-state index is 0.00892. The van der Waals surface area contributed by atoms with E-state index in [4.69, 9.17) is 4.74 Å². The quantitative estimate of drug-likeness (QED) is 0.757. The van der Waals surface area contributed by atoms with Crippen molar-refractivity contribution in [2.45, 2.75) is 32.5 Å². The van der Waals surface area contributed by atoms with Crippen LogP contribution in [0.2, 0.25) is 0 Å². The smallest absolute Gasteiger partial charge is 0.422 e. The summed E-state index contributed by atoms with van der Waals surface area (Å²) in [6.45, 7) is 3.78. The van der Waals surface area contributed by atoms with Crippen molar-refractivity contribution in [3.05, 3.63) is 28.2 Å². The molecule has 0 fully saturated rings. The molecule has 0 atom stereocenters. The molecule has 0 aliphatic heterocycles. The molecule has 1 rings (SSSR count). The van der Waals surface area contributed by atoms with Gasteiger partial charge in [0, 0.05) is 0 Å². The maximum absolute atomic E-state index is 12.1. The van der Waals surface area contributed by atoms with Crippen molar-refractivity contribution >= 4 is 21.9 Å². The van der Waals surface area contributed by atoms with Crippen molar-refractivity contribution < 1.29 is 27.4 Å². The lowest BCUT2D eigenvalue weighted by Gasteiger charge is -2.19. The summed E-state index contributed by atoms with van der Waals surface area (Å²) in [6.07, 6.45) is -4.41. The van der Waals surface area contributed by atoms with Crippen LogP contribution < -0.4 is 4.74 Å². The third-order valence-corrected chi connectivity index (χ3v) is 2.58. The van der Waals surface area contributed by atoms with Crippen LogP contribution in [0.25, 0.3) is 0 Å². The van der Waals surface area contributed by atoms with E-state index in [-0.39, 0.29) is 15.8 Å². The monoisotopic (exact) mass is 354 g/mol. The lowest BCUT2D eigenvalue weighted by molar-refractivity contribution is -0.153. The van der Waals surface area contributed by atoms with Gasteiger partial charge in [-0.1, -0.05) is 0 Å². The van der Waals surface area contributed by atoms with Gasteiger partial charge in [0.25, 0.3) is 0 Å². The summed E-state index contributed by atoms with van der Waals surface area (Å²) in [5.74, 6) is -0.546. The molecular weight excluding hydrogens is 341 g/mol. The molecular formula is C13H14BrF3O3. The molecule has 0 aliphatic rings. The lowest BCUT2D eigenvalue weighted by atomic mass is 10.1. The Labute approximate surface area is 123 Å². The molecule has 20 heavy (non-hydrogen) atoms. The molecule has 0 aliphatic carbocycles. The maximum Gasteiger partial charge on any atom is 0.422 e.